The van der Waals surface area contributed by atoms with Gasteiger partial charge in [0.2, 0.25) is 5.95 Å². The molecule has 0 radical (unpaired) electrons. The zero-order valence-electron chi connectivity index (χ0n) is 10.9. The highest BCUT2D eigenvalue weighted by Crippen LogP contribution is 2.20. The van der Waals surface area contributed by atoms with E-state index in [1.54, 1.807) is 7.11 Å². The summed E-state index contributed by atoms with van der Waals surface area (Å²) in [6, 6.07) is 15.5. The van der Waals surface area contributed by atoms with Gasteiger partial charge in [-0.3, -0.25) is 0 Å². The van der Waals surface area contributed by atoms with Gasteiger partial charge >= 0.3 is 0 Å². The second-order valence-electron chi connectivity index (χ2n) is 4.29. The number of hydrogen-bond acceptors (Lipinski definition) is 4. The Hall–Kier alpha value is -2.40. The fourth-order valence-electron chi connectivity index (χ4n) is 1.97. The first kappa shape index (κ1) is 12.6. The van der Waals surface area contributed by atoms with Crippen molar-refractivity contribution in [3.63, 3.8) is 0 Å². The molecule has 0 aliphatic rings. The van der Waals surface area contributed by atoms with Gasteiger partial charge < -0.3 is 15.0 Å². The number of rotatable bonds is 3. The number of fused-ring (bicyclic) bond motifs is 1. The quantitative estimate of drug-likeness (QED) is 0.712. The van der Waals surface area contributed by atoms with Crippen LogP contribution in [0, 0.1) is 4.64 Å². The van der Waals surface area contributed by atoms with Gasteiger partial charge in [0.25, 0.3) is 0 Å². The highest BCUT2D eigenvalue weighted by Gasteiger charge is 2.01. The van der Waals surface area contributed by atoms with Crippen LogP contribution in [0.15, 0.2) is 48.5 Å². The first-order valence-corrected chi connectivity index (χ1v) is 6.57. The van der Waals surface area contributed by atoms with Gasteiger partial charge in [0.15, 0.2) is 0 Å². The van der Waals surface area contributed by atoms with E-state index >= 15 is 0 Å². The summed E-state index contributed by atoms with van der Waals surface area (Å²) < 4.78 is 5.71. The molecule has 0 amide bonds. The van der Waals surface area contributed by atoms with Crippen molar-refractivity contribution < 1.29 is 4.74 Å². The van der Waals surface area contributed by atoms with Gasteiger partial charge in [-0.05, 0) is 36.4 Å². The largest absolute Gasteiger partial charge is 0.497 e. The Labute approximate surface area is 121 Å². The van der Waals surface area contributed by atoms with Crippen LogP contribution in [0.5, 0.6) is 5.75 Å². The van der Waals surface area contributed by atoms with Crippen molar-refractivity contribution in [1.82, 2.24) is 9.97 Å². The van der Waals surface area contributed by atoms with E-state index in [4.69, 9.17) is 17.0 Å². The average Bonchev–Trinajstić information content (AvgIpc) is 2.48. The number of aromatic nitrogens is 2. The molecule has 0 saturated carbocycles. The number of nitrogens with zero attached hydrogens (tertiary/aromatic N) is 1. The lowest BCUT2D eigenvalue weighted by Gasteiger charge is -2.08. The molecule has 0 fully saturated rings. The van der Waals surface area contributed by atoms with Gasteiger partial charge in [-0.25, -0.2) is 4.98 Å². The highest BCUT2D eigenvalue weighted by molar-refractivity contribution is 7.71. The average molecular weight is 283 g/mol. The molecule has 100 valence electrons. The second kappa shape index (κ2) is 5.30. The van der Waals surface area contributed by atoms with Crippen molar-refractivity contribution in [3.8, 4) is 5.75 Å². The third-order valence-electron chi connectivity index (χ3n) is 2.98. The summed E-state index contributed by atoms with van der Waals surface area (Å²) in [4.78, 5) is 7.58. The van der Waals surface area contributed by atoms with Gasteiger partial charge in [0.05, 0.1) is 12.6 Å². The Morgan fingerprint density at radius 3 is 2.60 bits per heavy atom. The summed E-state index contributed by atoms with van der Waals surface area (Å²) in [6.07, 6.45) is 0. The minimum atomic E-state index is 0.579. The lowest BCUT2D eigenvalue weighted by molar-refractivity contribution is 0.415. The van der Waals surface area contributed by atoms with Crippen molar-refractivity contribution in [2.24, 2.45) is 0 Å². The van der Waals surface area contributed by atoms with Crippen LogP contribution >= 0.6 is 12.2 Å². The third kappa shape index (κ3) is 2.48. The monoisotopic (exact) mass is 283 g/mol. The Morgan fingerprint density at radius 2 is 1.85 bits per heavy atom. The Morgan fingerprint density at radius 1 is 1.10 bits per heavy atom. The molecular formula is C15H13N3OS. The molecule has 20 heavy (non-hydrogen) atoms. The predicted molar refractivity (Wildman–Crippen MR) is 83.2 cm³/mol. The summed E-state index contributed by atoms with van der Waals surface area (Å²) in [6.45, 7) is 0. The maximum absolute atomic E-state index is 5.31. The van der Waals surface area contributed by atoms with E-state index in [0.29, 0.717) is 10.6 Å². The molecule has 0 spiro atoms. The molecule has 4 nitrogen and oxygen atoms in total. The number of aromatic amines is 1. The van der Waals surface area contributed by atoms with Gasteiger partial charge in [-0.2, -0.15) is 0 Å². The molecule has 2 N–H and O–H groups in total. The number of ether oxygens (including phenoxy) is 1. The predicted octanol–water partition coefficient (Wildman–Crippen LogP) is 4.04. The SMILES string of the molecule is COc1ccc(Nc2nc(=S)c3ccccc3[nH]2)cc1. The van der Waals surface area contributed by atoms with Crippen molar-refractivity contribution in [2.45, 2.75) is 0 Å². The second-order valence-corrected chi connectivity index (χ2v) is 4.68. The maximum atomic E-state index is 5.31. The fraction of sp³-hybridized carbons (Fsp3) is 0.0667. The smallest absolute Gasteiger partial charge is 0.206 e. The van der Waals surface area contributed by atoms with E-state index in [1.165, 1.54) is 0 Å². The van der Waals surface area contributed by atoms with Crippen LogP contribution in [0.3, 0.4) is 0 Å². The zero-order chi connectivity index (χ0) is 13.9. The van der Waals surface area contributed by atoms with Crippen LogP contribution in [-0.2, 0) is 0 Å². The molecule has 0 bridgehead atoms. The number of hydrogen-bond donors (Lipinski definition) is 2. The van der Waals surface area contributed by atoms with Crippen LogP contribution in [0.25, 0.3) is 10.9 Å². The van der Waals surface area contributed by atoms with Crippen molar-refractivity contribution >= 4 is 34.8 Å². The van der Waals surface area contributed by atoms with Crippen LogP contribution < -0.4 is 10.1 Å². The summed E-state index contributed by atoms with van der Waals surface area (Å²) in [5, 5.41) is 4.15. The number of H-pyrrole nitrogens is 1. The first-order chi connectivity index (χ1) is 9.76. The Bertz CT molecular complexity index is 796. The van der Waals surface area contributed by atoms with Crippen LogP contribution in [0.2, 0.25) is 0 Å². The van der Waals surface area contributed by atoms with E-state index in [1.807, 2.05) is 48.5 Å². The molecule has 0 atom stereocenters. The van der Waals surface area contributed by atoms with E-state index < -0.39 is 0 Å². The minimum absolute atomic E-state index is 0.579. The van der Waals surface area contributed by atoms with Crippen LogP contribution in [0.1, 0.15) is 0 Å². The van der Waals surface area contributed by atoms with E-state index in [2.05, 4.69) is 15.3 Å². The fourth-order valence-corrected chi connectivity index (χ4v) is 2.24. The number of nitrogens with one attached hydrogen (secondary N) is 2. The van der Waals surface area contributed by atoms with Crippen LogP contribution in [0.4, 0.5) is 11.6 Å². The molecule has 5 heteroatoms. The number of methoxy groups -OCH3 is 1. The topological polar surface area (TPSA) is 49.9 Å². The van der Waals surface area contributed by atoms with Crippen molar-refractivity contribution in [2.75, 3.05) is 12.4 Å². The molecule has 1 heterocycles. The molecule has 1 aromatic heterocycles. The summed E-state index contributed by atoms with van der Waals surface area (Å²) in [5.74, 6) is 1.44. The summed E-state index contributed by atoms with van der Waals surface area (Å²) in [7, 11) is 1.64. The minimum Gasteiger partial charge on any atom is -0.497 e. The van der Waals surface area contributed by atoms with Gasteiger partial charge in [-0.15, -0.1) is 0 Å². The Balaban J connectivity index is 1.96. The normalized spacial score (nSPS) is 10.4. The molecular weight excluding hydrogens is 270 g/mol. The summed E-state index contributed by atoms with van der Waals surface area (Å²) in [5.41, 5.74) is 1.88. The molecule has 3 aromatic rings. The zero-order valence-corrected chi connectivity index (χ0v) is 11.7. The molecule has 3 rings (SSSR count). The molecule has 0 aliphatic carbocycles. The Kier molecular flexibility index (Phi) is 3.35. The highest BCUT2D eigenvalue weighted by atomic mass is 32.1. The lowest BCUT2D eigenvalue weighted by atomic mass is 10.2. The number of anilines is 2. The van der Waals surface area contributed by atoms with E-state index in [0.717, 1.165) is 22.3 Å². The van der Waals surface area contributed by atoms with Crippen molar-refractivity contribution in [3.05, 3.63) is 53.2 Å². The maximum Gasteiger partial charge on any atom is 0.206 e. The molecule has 2 aromatic carbocycles. The third-order valence-corrected chi connectivity index (χ3v) is 3.29. The molecule has 0 aliphatic heterocycles. The summed E-state index contributed by atoms with van der Waals surface area (Å²) >= 11 is 5.31. The standard InChI is InChI=1S/C15H13N3OS/c1-19-11-8-6-10(7-9-11)16-15-17-13-5-3-2-4-12(13)14(20)18-15/h2-9H,1H3,(H2,16,17,18,20). The van der Waals surface area contributed by atoms with Gasteiger partial charge in [-0.1, -0.05) is 24.4 Å². The van der Waals surface area contributed by atoms with E-state index in [9.17, 15) is 0 Å². The van der Waals surface area contributed by atoms with Crippen LogP contribution in [-0.4, -0.2) is 17.1 Å². The molecule has 0 saturated heterocycles. The van der Waals surface area contributed by atoms with E-state index in [-0.39, 0.29) is 0 Å². The number of para-hydroxylation sites is 1. The van der Waals surface area contributed by atoms with Gasteiger partial charge in [0.1, 0.15) is 10.4 Å². The first-order valence-electron chi connectivity index (χ1n) is 6.16. The van der Waals surface area contributed by atoms with Crippen molar-refractivity contribution in [1.29, 1.82) is 0 Å². The lowest BCUT2D eigenvalue weighted by Crippen LogP contribution is -1.98. The van der Waals surface area contributed by atoms with Gasteiger partial charge in [0, 0.05) is 11.1 Å². The molecule has 0 unspecified atom stereocenters. The number of benzene rings is 2.